The lowest BCUT2D eigenvalue weighted by atomic mass is 10.1. The fourth-order valence-corrected chi connectivity index (χ4v) is 5.63. The van der Waals surface area contributed by atoms with E-state index in [1.54, 1.807) is 31.2 Å². The second-order valence-electron chi connectivity index (χ2n) is 11.2. The minimum atomic E-state index is -4.16. The molecule has 1 atom stereocenters. The first-order chi connectivity index (χ1) is 18.6. The first kappa shape index (κ1) is 31.2. The molecule has 0 aromatic heterocycles. The number of amides is 2. The molecule has 3 rings (SSSR count). The molecule has 0 saturated heterocycles. The molecule has 214 valence electrons. The van der Waals surface area contributed by atoms with Crippen LogP contribution in [-0.4, -0.2) is 43.3 Å². The van der Waals surface area contributed by atoms with Crippen LogP contribution in [0.25, 0.3) is 0 Å². The van der Waals surface area contributed by atoms with Crippen molar-refractivity contribution in [2.24, 2.45) is 0 Å². The number of hydrogen-bond donors (Lipinski definition) is 1. The van der Waals surface area contributed by atoms with Crippen molar-refractivity contribution in [1.82, 2.24) is 10.2 Å². The number of halogens is 1. The summed E-state index contributed by atoms with van der Waals surface area (Å²) in [4.78, 5) is 28.6. The van der Waals surface area contributed by atoms with Gasteiger partial charge in [-0.05, 0) is 83.9 Å². The van der Waals surface area contributed by atoms with E-state index in [1.807, 2.05) is 65.8 Å². The third-order valence-electron chi connectivity index (χ3n) is 6.47. The number of sulfonamides is 1. The molecule has 0 saturated carbocycles. The van der Waals surface area contributed by atoms with E-state index in [1.165, 1.54) is 23.1 Å². The minimum absolute atomic E-state index is 0.0474. The average molecular weight is 584 g/mol. The maximum atomic E-state index is 14.0. The molecule has 0 aliphatic rings. The minimum Gasteiger partial charge on any atom is -0.350 e. The number of hydrogen-bond acceptors (Lipinski definition) is 4. The van der Waals surface area contributed by atoms with Crippen LogP contribution in [-0.2, 0) is 26.2 Å². The van der Waals surface area contributed by atoms with Gasteiger partial charge in [-0.15, -0.1) is 0 Å². The van der Waals surface area contributed by atoms with Crippen LogP contribution >= 0.6 is 11.6 Å². The molecule has 1 N–H and O–H groups in total. The van der Waals surface area contributed by atoms with E-state index in [0.717, 1.165) is 26.6 Å². The van der Waals surface area contributed by atoms with Crippen molar-refractivity contribution in [2.45, 2.75) is 71.5 Å². The SMILES string of the molecule is Cc1ccc(CN(C(=O)CN(c2ccc(C)c(Cl)c2)S(=O)(=O)c2ccc(C)cc2)[C@H](C)C(=O)NC(C)(C)C)cc1. The normalized spacial score (nSPS) is 12.5. The molecule has 0 aliphatic heterocycles. The quantitative estimate of drug-likeness (QED) is 0.345. The van der Waals surface area contributed by atoms with E-state index >= 15 is 0 Å². The van der Waals surface area contributed by atoms with E-state index in [4.69, 9.17) is 11.6 Å². The fourth-order valence-electron chi connectivity index (χ4n) is 4.05. The first-order valence-electron chi connectivity index (χ1n) is 13.1. The van der Waals surface area contributed by atoms with E-state index in [0.29, 0.717) is 5.02 Å². The lowest BCUT2D eigenvalue weighted by Gasteiger charge is -2.33. The summed E-state index contributed by atoms with van der Waals surface area (Å²) in [7, 11) is -4.16. The van der Waals surface area contributed by atoms with Gasteiger partial charge in [0, 0.05) is 17.1 Å². The monoisotopic (exact) mass is 583 g/mol. The number of carbonyl (C=O) groups excluding carboxylic acids is 2. The smallest absolute Gasteiger partial charge is 0.264 e. The summed E-state index contributed by atoms with van der Waals surface area (Å²) in [6, 6.07) is 18.1. The Bertz CT molecular complexity index is 1460. The van der Waals surface area contributed by atoms with Gasteiger partial charge in [0.15, 0.2) is 0 Å². The van der Waals surface area contributed by atoms with Crippen LogP contribution in [0.5, 0.6) is 0 Å². The number of carbonyl (C=O) groups is 2. The summed E-state index contributed by atoms with van der Waals surface area (Å²) in [6.45, 7) is 12.5. The van der Waals surface area contributed by atoms with Crippen LogP contribution in [0.1, 0.15) is 49.9 Å². The molecule has 0 unspecified atom stereocenters. The number of nitrogens with one attached hydrogen (secondary N) is 1. The van der Waals surface area contributed by atoms with Gasteiger partial charge in [-0.1, -0.05) is 65.2 Å². The molecular weight excluding hydrogens is 546 g/mol. The maximum absolute atomic E-state index is 14.0. The Hall–Kier alpha value is -3.36. The summed E-state index contributed by atoms with van der Waals surface area (Å²) in [5, 5.41) is 3.31. The Morgan fingerprint density at radius 1 is 0.900 bits per heavy atom. The van der Waals surface area contributed by atoms with Crippen LogP contribution < -0.4 is 9.62 Å². The van der Waals surface area contributed by atoms with Crippen molar-refractivity contribution >= 4 is 39.1 Å². The molecule has 40 heavy (non-hydrogen) atoms. The third kappa shape index (κ3) is 7.86. The van der Waals surface area contributed by atoms with Gasteiger partial charge in [0.05, 0.1) is 10.6 Å². The summed E-state index contributed by atoms with van der Waals surface area (Å²) < 4.78 is 28.9. The highest BCUT2D eigenvalue weighted by Crippen LogP contribution is 2.29. The zero-order valence-electron chi connectivity index (χ0n) is 24.2. The Morgan fingerprint density at radius 3 is 1.98 bits per heavy atom. The summed E-state index contributed by atoms with van der Waals surface area (Å²) in [5.41, 5.74) is 3.31. The van der Waals surface area contributed by atoms with E-state index in [-0.39, 0.29) is 23.0 Å². The fraction of sp³-hybridized carbons (Fsp3) is 0.355. The van der Waals surface area contributed by atoms with Crippen LogP contribution in [0.3, 0.4) is 0 Å². The lowest BCUT2D eigenvalue weighted by molar-refractivity contribution is -0.140. The number of rotatable bonds is 9. The lowest BCUT2D eigenvalue weighted by Crippen LogP contribution is -2.54. The highest BCUT2D eigenvalue weighted by atomic mass is 35.5. The molecule has 7 nitrogen and oxygen atoms in total. The van der Waals surface area contributed by atoms with Crippen LogP contribution in [0.4, 0.5) is 5.69 Å². The van der Waals surface area contributed by atoms with E-state index in [2.05, 4.69) is 5.32 Å². The largest absolute Gasteiger partial charge is 0.350 e. The predicted octanol–water partition coefficient (Wildman–Crippen LogP) is 5.79. The van der Waals surface area contributed by atoms with E-state index < -0.39 is 34.1 Å². The highest BCUT2D eigenvalue weighted by Gasteiger charge is 2.33. The van der Waals surface area contributed by atoms with Gasteiger partial charge in [-0.25, -0.2) is 8.42 Å². The van der Waals surface area contributed by atoms with Gasteiger partial charge in [0.2, 0.25) is 11.8 Å². The Morgan fingerprint density at radius 2 is 1.45 bits per heavy atom. The molecule has 0 fully saturated rings. The van der Waals surface area contributed by atoms with E-state index in [9.17, 15) is 18.0 Å². The van der Waals surface area contributed by atoms with Crippen LogP contribution in [0.2, 0.25) is 5.02 Å². The zero-order valence-corrected chi connectivity index (χ0v) is 25.7. The number of anilines is 1. The molecule has 0 spiro atoms. The summed E-state index contributed by atoms with van der Waals surface area (Å²) in [6.07, 6.45) is 0. The molecule has 0 radical (unpaired) electrons. The number of nitrogens with zero attached hydrogens (tertiary/aromatic N) is 2. The van der Waals surface area contributed by atoms with Gasteiger partial charge in [0.25, 0.3) is 10.0 Å². The number of benzene rings is 3. The molecule has 0 heterocycles. The van der Waals surface area contributed by atoms with Crippen molar-refractivity contribution in [1.29, 1.82) is 0 Å². The second-order valence-corrected chi connectivity index (χ2v) is 13.5. The second kappa shape index (κ2) is 12.4. The van der Waals surface area contributed by atoms with Crippen LogP contribution in [0, 0.1) is 20.8 Å². The summed E-state index contributed by atoms with van der Waals surface area (Å²) in [5.74, 6) is -0.858. The number of aryl methyl sites for hydroxylation is 3. The molecule has 0 bridgehead atoms. The van der Waals surface area contributed by atoms with Gasteiger partial charge in [0.1, 0.15) is 12.6 Å². The van der Waals surface area contributed by atoms with Gasteiger partial charge < -0.3 is 10.2 Å². The van der Waals surface area contributed by atoms with Crippen molar-refractivity contribution in [3.8, 4) is 0 Å². The van der Waals surface area contributed by atoms with Gasteiger partial charge in [-0.2, -0.15) is 0 Å². The van der Waals surface area contributed by atoms with Crippen LogP contribution in [0.15, 0.2) is 71.6 Å². The Balaban J connectivity index is 2.06. The highest BCUT2D eigenvalue weighted by molar-refractivity contribution is 7.92. The molecule has 9 heteroatoms. The first-order valence-corrected chi connectivity index (χ1v) is 14.9. The Kier molecular flexibility index (Phi) is 9.69. The predicted molar refractivity (Wildman–Crippen MR) is 161 cm³/mol. The van der Waals surface area contributed by atoms with Crippen molar-refractivity contribution in [3.63, 3.8) is 0 Å². The van der Waals surface area contributed by atoms with Gasteiger partial charge in [-0.3, -0.25) is 13.9 Å². The maximum Gasteiger partial charge on any atom is 0.264 e. The van der Waals surface area contributed by atoms with Crippen molar-refractivity contribution in [2.75, 3.05) is 10.8 Å². The van der Waals surface area contributed by atoms with Crippen molar-refractivity contribution < 1.29 is 18.0 Å². The topological polar surface area (TPSA) is 86.8 Å². The zero-order chi connectivity index (χ0) is 29.8. The molecule has 2 amide bonds. The van der Waals surface area contributed by atoms with Crippen molar-refractivity contribution in [3.05, 3.63) is 94.0 Å². The molecule has 3 aromatic carbocycles. The molecule has 0 aliphatic carbocycles. The third-order valence-corrected chi connectivity index (χ3v) is 8.67. The Labute approximate surface area is 243 Å². The molecule has 3 aromatic rings. The van der Waals surface area contributed by atoms with Gasteiger partial charge >= 0.3 is 0 Å². The standard InChI is InChI=1S/C31H38ClN3O4S/c1-21-8-13-25(14-9-21)19-34(24(4)30(37)33-31(5,6)7)29(36)20-35(26-15-12-23(3)28(32)18-26)40(38,39)27-16-10-22(2)11-17-27/h8-18,24H,19-20H2,1-7H3,(H,33,37)/t24-/m1/s1. The average Bonchev–Trinajstić information content (AvgIpc) is 2.87. The molecular formula is C31H38ClN3O4S. The summed E-state index contributed by atoms with van der Waals surface area (Å²) >= 11 is 6.38.